The summed E-state index contributed by atoms with van der Waals surface area (Å²) in [4.78, 5) is 27.9. The average molecular weight is 391 g/mol. The van der Waals surface area contributed by atoms with Gasteiger partial charge >= 0.3 is 0 Å². The van der Waals surface area contributed by atoms with Gasteiger partial charge in [0.05, 0.1) is 49.0 Å². The van der Waals surface area contributed by atoms with Crippen LogP contribution < -0.4 is 10.2 Å². The summed E-state index contributed by atoms with van der Waals surface area (Å²) in [6.07, 6.45) is 0.372. The summed E-state index contributed by atoms with van der Waals surface area (Å²) in [6, 6.07) is 7.19. The van der Waals surface area contributed by atoms with Crippen LogP contribution in [0.3, 0.4) is 0 Å². The molecule has 0 aliphatic carbocycles. The van der Waals surface area contributed by atoms with Gasteiger partial charge in [-0.15, -0.1) is 0 Å². The van der Waals surface area contributed by atoms with Crippen LogP contribution in [0, 0.1) is 13.8 Å². The monoisotopic (exact) mass is 390 g/mol. The van der Waals surface area contributed by atoms with Crippen LogP contribution in [0.25, 0.3) is 0 Å². The molecule has 0 bridgehead atoms. The fourth-order valence-corrected chi connectivity index (χ4v) is 3.51. The smallest absolute Gasteiger partial charge is 0.279 e. The molecule has 1 aromatic carbocycles. The molecule has 1 fully saturated rings. The average Bonchev–Trinajstić information content (AvgIpc) is 2.96. The number of piperazine rings is 1. The number of rotatable bonds is 5. The normalized spacial score (nSPS) is 15.0. The lowest BCUT2D eigenvalue weighted by Crippen LogP contribution is -3.15. The molecule has 7 nitrogen and oxygen atoms in total. The van der Waals surface area contributed by atoms with Gasteiger partial charge in [-0.1, -0.05) is 23.7 Å². The summed E-state index contributed by atoms with van der Waals surface area (Å²) >= 11 is 6.07. The number of halogens is 1. The Morgan fingerprint density at radius 2 is 1.96 bits per heavy atom. The lowest BCUT2D eigenvalue weighted by molar-refractivity contribution is -0.895. The zero-order chi connectivity index (χ0) is 19.4. The van der Waals surface area contributed by atoms with Gasteiger partial charge in [0.1, 0.15) is 0 Å². The lowest BCUT2D eigenvalue weighted by atomic mass is 10.1. The van der Waals surface area contributed by atoms with Crippen molar-refractivity contribution in [2.24, 2.45) is 0 Å². The Morgan fingerprint density at radius 3 is 2.59 bits per heavy atom. The highest BCUT2D eigenvalue weighted by atomic mass is 35.5. The van der Waals surface area contributed by atoms with Gasteiger partial charge in [0.25, 0.3) is 5.91 Å². The number of aryl methyl sites for hydroxylation is 2. The van der Waals surface area contributed by atoms with Crippen molar-refractivity contribution in [2.45, 2.75) is 20.3 Å². The Morgan fingerprint density at radius 1 is 1.26 bits per heavy atom. The van der Waals surface area contributed by atoms with Crippen LogP contribution in [0.15, 0.2) is 24.3 Å². The first kappa shape index (κ1) is 19.4. The minimum atomic E-state index is -0.0671. The number of para-hydroxylation sites is 1. The first-order chi connectivity index (χ1) is 12.9. The van der Waals surface area contributed by atoms with Crippen molar-refractivity contribution in [3.05, 3.63) is 46.2 Å². The van der Waals surface area contributed by atoms with Crippen LogP contribution in [0.5, 0.6) is 0 Å². The molecule has 0 saturated carbocycles. The van der Waals surface area contributed by atoms with E-state index in [4.69, 9.17) is 11.6 Å². The first-order valence-electron chi connectivity index (χ1n) is 9.10. The second kappa shape index (κ2) is 8.54. The van der Waals surface area contributed by atoms with E-state index in [0.717, 1.165) is 30.0 Å². The van der Waals surface area contributed by atoms with E-state index in [1.54, 1.807) is 12.1 Å². The quantitative estimate of drug-likeness (QED) is 0.698. The summed E-state index contributed by atoms with van der Waals surface area (Å²) in [6.45, 7) is 7.03. The fourth-order valence-electron chi connectivity index (χ4n) is 3.33. The Bertz CT molecular complexity index is 808. The third kappa shape index (κ3) is 4.87. The Hall–Kier alpha value is -2.38. The number of H-pyrrole nitrogens is 1. The molecule has 8 heteroatoms. The van der Waals surface area contributed by atoms with Gasteiger partial charge in [-0.3, -0.25) is 14.7 Å². The summed E-state index contributed by atoms with van der Waals surface area (Å²) < 4.78 is 0. The number of carbonyl (C=O) groups is 2. The predicted octanol–water partition coefficient (Wildman–Crippen LogP) is 0.588. The number of amides is 2. The SMILES string of the molecule is Cc1n[nH]c(C)c1CC(=O)N1CC[NH+](CC(=O)Nc2ccccc2Cl)CC1. The Balaban J connectivity index is 1.46. The van der Waals surface area contributed by atoms with E-state index >= 15 is 0 Å². The van der Waals surface area contributed by atoms with Crippen LogP contribution in [-0.2, 0) is 16.0 Å². The minimum Gasteiger partial charge on any atom is -0.331 e. The molecular weight excluding hydrogens is 366 g/mol. The van der Waals surface area contributed by atoms with E-state index in [0.29, 0.717) is 36.8 Å². The van der Waals surface area contributed by atoms with Gasteiger partial charge in [-0.25, -0.2) is 0 Å². The van der Waals surface area contributed by atoms with Gasteiger partial charge in [-0.05, 0) is 26.0 Å². The summed E-state index contributed by atoms with van der Waals surface area (Å²) in [5, 5.41) is 10.4. The molecule has 1 aliphatic heterocycles. The van der Waals surface area contributed by atoms with Crippen molar-refractivity contribution >= 4 is 29.1 Å². The van der Waals surface area contributed by atoms with Gasteiger partial charge < -0.3 is 15.1 Å². The van der Waals surface area contributed by atoms with Crippen LogP contribution in [0.1, 0.15) is 17.0 Å². The molecule has 2 heterocycles. The molecule has 3 N–H and O–H groups in total. The highest BCUT2D eigenvalue weighted by molar-refractivity contribution is 6.33. The Kier molecular flexibility index (Phi) is 6.13. The standard InChI is InChI=1S/C19H24ClN5O2/c1-13-15(14(2)23-22-13)11-19(27)25-9-7-24(8-10-25)12-18(26)21-17-6-4-3-5-16(17)20/h3-6H,7-12H2,1-2H3,(H,21,26)(H,22,23)/p+1. The number of aromatic amines is 1. The van der Waals surface area contributed by atoms with E-state index in [1.807, 2.05) is 30.9 Å². The molecule has 0 atom stereocenters. The van der Waals surface area contributed by atoms with Gasteiger partial charge in [0.15, 0.2) is 6.54 Å². The van der Waals surface area contributed by atoms with Crippen LogP contribution in [0.2, 0.25) is 5.02 Å². The van der Waals surface area contributed by atoms with Gasteiger partial charge in [0, 0.05) is 11.3 Å². The number of aromatic nitrogens is 2. The van der Waals surface area contributed by atoms with Crippen molar-refractivity contribution in [1.82, 2.24) is 15.1 Å². The first-order valence-corrected chi connectivity index (χ1v) is 9.48. The minimum absolute atomic E-state index is 0.0671. The van der Waals surface area contributed by atoms with Crippen molar-refractivity contribution in [3.8, 4) is 0 Å². The van der Waals surface area contributed by atoms with Crippen molar-refractivity contribution in [3.63, 3.8) is 0 Å². The predicted molar refractivity (Wildman–Crippen MR) is 104 cm³/mol. The maximum absolute atomic E-state index is 12.6. The number of quaternary nitrogens is 1. The third-order valence-corrected chi connectivity index (χ3v) is 5.32. The van der Waals surface area contributed by atoms with E-state index in [2.05, 4.69) is 15.5 Å². The lowest BCUT2D eigenvalue weighted by Gasteiger charge is -2.32. The van der Waals surface area contributed by atoms with Crippen LogP contribution >= 0.6 is 11.6 Å². The molecule has 0 radical (unpaired) electrons. The van der Waals surface area contributed by atoms with E-state index < -0.39 is 0 Å². The van der Waals surface area contributed by atoms with Crippen molar-refractivity contribution in [2.75, 3.05) is 38.0 Å². The molecule has 144 valence electrons. The number of nitrogens with zero attached hydrogens (tertiary/aromatic N) is 2. The molecule has 27 heavy (non-hydrogen) atoms. The third-order valence-electron chi connectivity index (χ3n) is 4.99. The maximum Gasteiger partial charge on any atom is 0.279 e. The van der Waals surface area contributed by atoms with Crippen LogP contribution in [0.4, 0.5) is 5.69 Å². The van der Waals surface area contributed by atoms with Gasteiger partial charge in [-0.2, -0.15) is 5.10 Å². The zero-order valence-corrected chi connectivity index (χ0v) is 16.4. The second-order valence-corrected chi connectivity index (χ2v) is 7.33. The number of carbonyl (C=O) groups excluding carboxylic acids is 2. The zero-order valence-electron chi connectivity index (χ0n) is 15.6. The van der Waals surface area contributed by atoms with Gasteiger partial charge in [0.2, 0.25) is 5.91 Å². The molecule has 1 aromatic heterocycles. The fraction of sp³-hybridized carbons (Fsp3) is 0.421. The molecule has 0 spiro atoms. The summed E-state index contributed by atoms with van der Waals surface area (Å²) in [5.41, 5.74) is 3.43. The molecule has 1 saturated heterocycles. The number of hydrogen-bond acceptors (Lipinski definition) is 3. The number of hydrogen-bond donors (Lipinski definition) is 3. The number of nitrogens with one attached hydrogen (secondary N) is 3. The molecule has 2 amide bonds. The molecule has 0 unspecified atom stereocenters. The summed E-state index contributed by atoms with van der Waals surface area (Å²) in [5.74, 6) is 0.0460. The second-order valence-electron chi connectivity index (χ2n) is 6.92. The van der Waals surface area contributed by atoms with E-state index in [1.165, 1.54) is 4.90 Å². The Labute approximate surface area is 163 Å². The topological polar surface area (TPSA) is 82.5 Å². The molecule has 3 rings (SSSR count). The summed E-state index contributed by atoms with van der Waals surface area (Å²) in [7, 11) is 0. The van der Waals surface area contributed by atoms with E-state index in [9.17, 15) is 9.59 Å². The highest BCUT2D eigenvalue weighted by Gasteiger charge is 2.26. The highest BCUT2D eigenvalue weighted by Crippen LogP contribution is 2.19. The van der Waals surface area contributed by atoms with Crippen molar-refractivity contribution < 1.29 is 14.5 Å². The maximum atomic E-state index is 12.6. The van der Waals surface area contributed by atoms with Crippen LogP contribution in [-0.4, -0.2) is 59.6 Å². The molecular formula is C19H25ClN5O2+. The number of benzene rings is 1. The molecule has 1 aliphatic rings. The number of anilines is 1. The van der Waals surface area contributed by atoms with Crippen molar-refractivity contribution in [1.29, 1.82) is 0 Å². The molecule has 2 aromatic rings. The van der Waals surface area contributed by atoms with E-state index in [-0.39, 0.29) is 11.8 Å². The largest absolute Gasteiger partial charge is 0.331 e.